The fourth-order valence-electron chi connectivity index (χ4n) is 2.20. The number of carbonyl (C=O) groups excluding carboxylic acids is 1. The van der Waals surface area contributed by atoms with Gasteiger partial charge in [0.15, 0.2) is 6.04 Å². The highest BCUT2D eigenvalue weighted by Gasteiger charge is 2.25. The summed E-state index contributed by atoms with van der Waals surface area (Å²) in [6.45, 7) is 4.97. The third-order valence-corrected chi connectivity index (χ3v) is 3.23. The van der Waals surface area contributed by atoms with Crippen molar-refractivity contribution in [1.29, 1.82) is 0 Å². The predicted octanol–water partition coefficient (Wildman–Crippen LogP) is 3.23. The Hall–Kier alpha value is -2.46. The number of esters is 1. The first-order chi connectivity index (χ1) is 11.4. The summed E-state index contributed by atoms with van der Waals surface area (Å²) in [5.74, 6) is -0.533. The highest BCUT2D eigenvalue weighted by atomic mass is 16.6. The number of carbonyl (C=O) groups is 1. The first-order valence-corrected chi connectivity index (χ1v) is 7.93. The lowest BCUT2D eigenvalue weighted by Gasteiger charge is -2.22. The third kappa shape index (κ3) is 5.03. The minimum atomic E-state index is -0.959. The largest absolute Gasteiger partial charge is 0.458 e. The molecule has 0 bridgehead atoms. The fraction of sp³-hybridized carbons (Fsp3) is 0.300. The molecule has 0 saturated carbocycles. The van der Waals surface area contributed by atoms with Crippen molar-refractivity contribution in [2.75, 3.05) is 6.61 Å². The molecule has 0 radical (unpaired) electrons. The van der Waals surface area contributed by atoms with Crippen molar-refractivity contribution in [3.05, 3.63) is 71.8 Å². The SMILES string of the molecule is CC(C)(C)OC(=O)C(CO)N=C(c1ccccc1)c1ccccc1. The second-order valence-electron chi connectivity index (χ2n) is 6.44. The monoisotopic (exact) mass is 325 g/mol. The number of aliphatic hydroxyl groups is 1. The summed E-state index contributed by atoms with van der Waals surface area (Å²) >= 11 is 0. The lowest BCUT2D eigenvalue weighted by Crippen LogP contribution is -2.33. The molecule has 1 atom stereocenters. The minimum Gasteiger partial charge on any atom is -0.458 e. The summed E-state index contributed by atoms with van der Waals surface area (Å²) in [7, 11) is 0. The quantitative estimate of drug-likeness (QED) is 0.678. The number of ether oxygens (including phenoxy) is 1. The van der Waals surface area contributed by atoms with Crippen molar-refractivity contribution in [3.8, 4) is 0 Å². The normalized spacial score (nSPS) is 12.3. The highest BCUT2D eigenvalue weighted by molar-refractivity contribution is 6.13. The van der Waals surface area contributed by atoms with Crippen molar-refractivity contribution in [1.82, 2.24) is 0 Å². The maximum atomic E-state index is 12.3. The molecule has 0 amide bonds. The van der Waals surface area contributed by atoms with Crippen LogP contribution in [-0.2, 0) is 9.53 Å². The average Bonchev–Trinajstić information content (AvgIpc) is 2.56. The number of aliphatic hydroxyl groups excluding tert-OH is 1. The zero-order valence-electron chi connectivity index (χ0n) is 14.3. The molecule has 4 nitrogen and oxygen atoms in total. The molecule has 2 aromatic carbocycles. The predicted molar refractivity (Wildman–Crippen MR) is 95.2 cm³/mol. The van der Waals surface area contributed by atoms with Crippen LogP contribution in [0.5, 0.6) is 0 Å². The van der Waals surface area contributed by atoms with Gasteiger partial charge in [-0.1, -0.05) is 60.7 Å². The minimum absolute atomic E-state index is 0.405. The van der Waals surface area contributed by atoms with Crippen LogP contribution in [0.2, 0.25) is 0 Å². The van der Waals surface area contributed by atoms with Gasteiger partial charge in [0.05, 0.1) is 12.3 Å². The van der Waals surface area contributed by atoms with E-state index in [4.69, 9.17) is 4.74 Å². The molecule has 0 spiro atoms. The van der Waals surface area contributed by atoms with Crippen LogP contribution in [0, 0.1) is 0 Å². The van der Waals surface area contributed by atoms with Crippen LogP contribution in [0.15, 0.2) is 65.7 Å². The second-order valence-corrected chi connectivity index (χ2v) is 6.44. The Kier molecular flexibility index (Phi) is 5.88. The standard InChI is InChI=1S/C20H23NO3/c1-20(2,3)24-19(23)17(14-22)21-18(15-10-6-4-7-11-15)16-12-8-5-9-13-16/h4-13,17,22H,14H2,1-3H3. The molecule has 24 heavy (non-hydrogen) atoms. The summed E-state index contributed by atoms with van der Waals surface area (Å²) < 4.78 is 5.36. The topological polar surface area (TPSA) is 58.9 Å². The van der Waals surface area contributed by atoms with E-state index >= 15 is 0 Å². The lowest BCUT2D eigenvalue weighted by molar-refractivity contribution is -0.157. The third-order valence-electron chi connectivity index (χ3n) is 3.23. The zero-order chi connectivity index (χ0) is 17.6. The number of rotatable bonds is 5. The Labute approximate surface area is 142 Å². The summed E-state index contributed by atoms with van der Waals surface area (Å²) in [6.07, 6.45) is 0. The van der Waals surface area contributed by atoms with E-state index in [1.165, 1.54) is 0 Å². The van der Waals surface area contributed by atoms with Crippen molar-refractivity contribution in [2.45, 2.75) is 32.4 Å². The lowest BCUT2D eigenvalue weighted by atomic mass is 10.0. The Balaban J connectivity index is 2.42. The molecule has 2 rings (SSSR count). The zero-order valence-corrected chi connectivity index (χ0v) is 14.3. The van der Waals surface area contributed by atoms with E-state index in [0.29, 0.717) is 5.71 Å². The molecule has 0 fully saturated rings. The van der Waals surface area contributed by atoms with Gasteiger partial charge in [-0.3, -0.25) is 4.99 Å². The molecule has 0 saturated heterocycles. The van der Waals surface area contributed by atoms with Gasteiger partial charge in [-0.05, 0) is 20.8 Å². The number of aliphatic imine (C=N–C) groups is 1. The summed E-state index contributed by atoms with van der Waals surface area (Å²) in [5.41, 5.74) is 1.79. The van der Waals surface area contributed by atoms with Gasteiger partial charge in [0.2, 0.25) is 0 Å². The van der Waals surface area contributed by atoms with Gasteiger partial charge in [0.25, 0.3) is 0 Å². The molecular weight excluding hydrogens is 302 g/mol. The summed E-state index contributed by atoms with van der Waals surface area (Å²) in [4.78, 5) is 16.8. The van der Waals surface area contributed by atoms with Crippen LogP contribution in [0.3, 0.4) is 0 Å². The molecule has 0 heterocycles. The van der Waals surface area contributed by atoms with Gasteiger partial charge in [0.1, 0.15) is 5.60 Å². The van der Waals surface area contributed by atoms with Crippen molar-refractivity contribution >= 4 is 11.7 Å². The number of nitrogens with zero attached hydrogens (tertiary/aromatic N) is 1. The van der Waals surface area contributed by atoms with Crippen LogP contribution < -0.4 is 0 Å². The van der Waals surface area contributed by atoms with E-state index in [9.17, 15) is 9.90 Å². The summed E-state index contributed by atoms with van der Waals surface area (Å²) in [5, 5.41) is 9.63. The Morgan fingerprint density at radius 2 is 1.46 bits per heavy atom. The van der Waals surface area contributed by atoms with Gasteiger partial charge < -0.3 is 9.84 Å². The molecule has 2 aromatic rings. The summed E-state index contributed by atoms with van der Waals surface area (Å²) in [6, 6.07) is 18.2. The second kappa shape index (κ2) is 7.88. The van der Waals surface area contributed by atoms with Crippen molar-refractivity contribution < 1.29 is 14.6 Å². The molecular formula is C20H23NO3. The average molecular weight is 325 g/mol. The van der Waals surface area contributed by atoms with Crippen LogP contribution in [0.4, 0.5) is 0 Å². The molecule has 1 N–H and O–H groups in total. The van der Waals surface area contributed by atoms with Gasteiger partial charge >= 0.3 is 5.97 Å². The number of hydrogen-bond donors (Lipinski definition) is 1. The Morgan fingerprint density at radius 3 is 1.83 bits per heavy atom. The van der Waals surface area contributed by atoms with E-state index in [2.05, 4.69) is 4.99 Å². The van der Waals surface area contributed by atoms with Gasteiger partial charge in [-0.15, -0.1) is 0 Å². The van der Waals surface area contributed by atoms with E-state index in [-0.39, 0.29) is 0 Å². The molecule has 126 valence electrons. The fourth-order valence-corrected chi connectivity index (χ4v) is 2.20. The van der Waals surface area contributed by atoms with E-state index in [1.54, 1.807) is 20.8 Å². The van der Waals surface area contributed by atoms with E-state index in [1.807, 2.05) is 60.7 Å². The van der Waals surface area contributed by atoms with Crippen LogP contribution >= 0.6 is 0 Å². The van der Waals surface area contributed by atoms with E-state index in [0.717, 1.165) is 11.1 Å². The molecule has 0 aliphatic carbocycles. The smallest absolute Gasteiger partial charge is 0.333 e. The van der Waals surface area contributed by atoms with Gasteiger partial charge in [0, 0.05) is 11.1 Å². The Bertz CT molecular complexity index is 646. The first-order valence-electron chi connectivity index (χ1n) is 7.93. The van der Waals surface area contributed by atoms with Crippen molar-refractivity contribution in [2.24, 2.45) is 4.99 Å². The van der Waals surface area contributed by atoms with Gasteiger partial charge in [-0.25, -0.2) is 4.79 Å². The number of hydrogen-bond acceptors (Lipinski definition) is 4. The first kappa shape index (κ1) is 17.9. The van der Waals surface area contributed by atoms with E-state index < -0.39 is 24.2 Å². The molecule has 1 unspecified atom stereocenters. The molecule has 4 heteroatoms. The Morgan fingerprint density at radius 1 is 1.00 bits per heavy atom. The maximum Gasteiger partial charge on any atom is 0.333 e. The van der Waals surface area contributed by atoms with Crippen molar-refractivity contribution in [3.63, 3.8) is 0 Å². The molecule has 0 aromatic heterocycles. The van der Waals surface area contributed by atoms with Crippen LogP contribution in [0.25, 0.3) is 0 Å². The van der Waals surface area contributed by atoms with Crippen LogP contribution in [0.1, 0.15) is 31.9 Å². The van der Waals surface area contributed by atoms with Gasteiger partial charge in [-0.2, -0.15) is 0 Å². The molecule has 0 aliphatic heterocycles. The maximum absolute atomic E-state index is 12.3. The van der Waals surface area contributed by atoms with Crippen LogP contribution in [-0.4, -0.2) is 35.0 Å². The molecule has 0 aliphatic rings. The highest BCUT2D eigenvalue weighted by Crippen LogP contribution is 2.15. The number of benzene rings is 2.